The molecule has 1 heterocycles. The Morgan fingerprint density at radius 1 is 1.26 bits per heavy atom. The van der Waals surface area contributed by atoms with Gasteiger partial charge in [-0.15, -0.1) is 0 Å². The topological polar surface area (TPSA) is 39.1 Å². The lowest BCUT2D eigenvalue weighted by atomic mass is 10.1. The Kier molecular flexibility index (Phi) is 3.86. The first-order chi connectivity index (χ1) is 8.99. The smallest absolute Gasteiger partial charge is 0.226 e. The number of hydrogen-bond acceptors (Lipinski definition) is 2. The molecule has 0 atom stereocenters. The van der Waals surface area contributed by atoms with E-state index >= 15 is 0 Å². The van der Waals surface area contributed by atoms with E-state index in [9.17, 15) is 9.59 Å². The minimum Gasteiger partial charge on any atom is -0.320 e. The molecule has 0 aliphatic carbocycles. The highest BCUT2D eigenvalue weighted by Crippen LogP contribution is 2.15. The van der Waals surface area contributed by atoms with E-state index in [2.05, 4.69) is 0 Å². The molecule has 0 N–H and O–H groups in total. The van der Waals surface area contributed by atoms with Gasteiger partial charge in [-0.05, 0) is 37.1 Å². The van der Waals surface area contributed by atoms with Crippen LogP contribution < -0.4 is 5.43 Å². The van der Waals surface area contributed by atoms with Crippen molar-refractivity contribution in [2.45, 2.75) is 20.3 Å². The number of carbonyl (C=O) groups excluding carboxylic acids is 1. The molecule has 2 rings (SSSR count). The van der Waals surface area contributed by atoms with Gasteiger partial charge in [-0.3, -0.25) is 9.59 Å². The summed E-state index contributed by atoms with van der Waals surface area (Å²) >= 11 is 5.37. The van der Waals surface area contributed by atoms with E-state index in [1.807, 2.05) is 42.7 Å². The monoisotopic (exact) mass is 275 g/mol. The average molecular weight is 276 g/mol. The van der Waals surface area contributed by atoms with Crippen LogP contribution in [0.5, 0.6) is 0 Å². The van der Waals surface area contributed by atoms with Gasteiger partial charge in [0.25, 0.3) is 0 Å². The first kappa shape index (κ1) is 13.6. The van der Waals surface area contributed by atoms with E-state index in [0.717, 1.165) is 16.9 Å². The summed E-state index contributed by atoms with van der Waals surface area (Å²) in [6.07, 6.45) is 1.65. The summed E-state index contributed by atoms with van der Waals surface area (Å²) in [4.78, 5) is 22.8. The average Bonchev–Trinajstić information content (AvgIpc) is 2.33. The minimum absolute atomic E-state index is 0.0491. The van der Waals surface area contributed by atoms with Crippen LogP contribution in [0, 0.1) is 13.8 Å². The van der Waals surface area contributed by atoms with Crippen molar-refractivity contribution in [3.8, 4) is 5.69 Å². The third-order valence-corrected chi connectivity index (χ3v) is 3.16. The Bertz CT molecular complexity index is 689. The molecule has 98 valence electrons. The highest BCUT2D eigenvalue weighted by molar-refractivity contribution is 6.63. The number of carbonyl (C=O) groups is 1. The van der Waals surface area contributed by atoms with Crippen LogP contribution >= 0.6 is 11.6 Å². The molecule has 19 heavy (non-hydrogen) atoms. The number of pyridine rings is 1. The van der Waals surface area contributed by atoms with Crippen LogP contribution in [0.2, 0.25) is 0 Å². The molecule has 4 heteroatoms. The first-order valence-corrected chi connectivity index (χ1v) is 6.33. The van der Waals surface area contributed by atoms with Crippen molar-refractivity contribution in [1.29, 1.82) is 0 Å². The van der Waals surface area contributed by atoms with E-state index in [4.69, 9.17) is 11.6 Å². The van der Waals surface area contributed by atoms with Crippen molar-refractivity contribution in [1.82, 2.24) is 4.57 Å². The van der Waals surface area contributed by atoms with E-state index in [0.29, 0.717) is 5.56 Å². The number of para-hydroxylation sites is 1. The number of halogens is 1. The second-order valence-corrected chi connectivity index (χ2v) is 4.91. The Labute approximate surface area is 116 Å². The zero-order valence-corrected chi connectivity index (χ0v) is 11.6. The maximum absolute atomic E-state index is 11.8. The van der Waals surface area contributed by atoms with Crippen molar-refractivity contribution < 1.29 is 4.79 Å². The molecule has 0 amide bonds. The van der Waals surface area contributed by atoms with Gasteiger partial charge in [0, 0.05) is 29.2 Å². The van der Waals surface area contributed by atoms with Gasteiger partial charge in [-0.25, -0.2) is 0 Å². The molecule has 0 aliphatic rings. The molecule has 0 bridgehead atoms. The number of aromatic nitrogens is 1. The lowest BCUT2D eigenvalue weighted by Crippen LogP contribution is -2.16. The molecule has 1 aromatic carbocycles. The molecule has 0 saturated heterocycles. The van der Waals surface area contributed by atoms with E-state index < -0.39 is 5.24 Å². The maximum atomic E-state index is 11.8. The SMILES string of the molecule is Cc1ccccc1-n1cc(CC(=O)Cl)c(=O)cc1C. The fraction of sp³-hybridized carbons (Fsp3) is 0.200. The number of aryl methyl sites for hydroxylation is 2. The third-order valence-electron chi connectivity index (χ3n) is 3.03. The summed E-state index contributed by atoms with van der Waals surface area (Å²) in [6, 6.07) is 9.39. The molecule has 0 fully saturated rings. The Balaban J connectivity index is 2.61. The summed E-state index contributed by atoms with van der Waals surface area (Å²) in [6.45, 7) is 3.86. The molecule has 2 aromatic rings. The maximum Gasteiger partial charge on any atom is 0.226 e. The predicted octanol–water partition coefficient (Wildman–Crippen LogP) is 2.76. The Morgan fingerprint density at radius 2 is 1.95 bits per heavy atom. The van der Waals surface area contributed by atoms with Gasteiger partial charge in [0.05, 0.1) is 6.42 Å². The molecular weight excluding hydrogens is 262 g/mol. The normalized spacial score (nSPS) is 10.5. The predicted molar refractivity (Wildman–Crippen MR) is 76.1 cm³/mol. The number of hydrogen-bond donors (Lipinski definition) is 0. The fourth-order valence-corrected chi connectivity index (χ4v) is 2.19. The van der Waals surface area contributed by atoms with Crippen molar-refractivity contribution in [2.24, 2.45) is 0 Å². The van der Waals surface area contributed by atoms with Crippen LogP contribution in [0.4, 0.5) is 0 Å². The van der Waals surface area contributed by atoms with Gasteiger partial charge in [-0.2, -0.15) is 0 Å². The van der Waals surface area contributed by atoms with Crippen LogP contribution in [0.15, 0.2) is 41.3 Å². The molecular formula is C15H14ClNO2. The summed E-state index contributed by atoms with van der Waals surface area (Å²) in [5, 5.41) is -0.530. The van der Waals surface area contributed by atoms with Crippen LogP contribution in [-0.4, -0.2) is 9.81 Å². The fourth-order valence-electron chi connectivity index (χ4n) is 2.05. The third kappa shape index (κ3) is 2.93. The largest absolute Gasteiger partial charge is 0.320 e. The molecule has 3 nitrogen and oxygen atoms in total. The van der Waals surface area contributed by atoms with Gasteiger partial charge in [0.2, 0.25) is 5.24 Å². The number of rotatable bonds is 3. The second kappa shape index (κ2) is 5.41. The van der Waals surface area contributed by atoms with Crippen LogP contribution in [0.3, 0.4) is 0 Å². The second-order valence-electron chi connectivity index (χ2n) is 4.49. The van der Waals surface area contributed by atoms with Gasteiger partial charge in [-0.1, -0.05) is 18.2 Å². The van der Waals surface area contributed by atoms with E-state index in [1.165, 1.54) is 6.07 Å². The minimum atomic E-state index is -0.530. The molecule has 0 saturated carbocycles. The molecule has 0 radical (unpaired) electrons. The molecule has 0 unspecified atom stereocenters. The molecule has 1 aromatic heterocycles. The van der Waals surface area contributed by atoms with Crippen molar-refractivity contribution in [2.75, 3.05) is 0 Å². The summed E-state index contributed by atoms with van der Waals surface area (Å²) in [5.41, 5.74) is 3.16. The summed E-state index contributed by atoms with van der Waals surface area (Å²) < 4.78 is 1.91. The van der Waals surface area contributed by atoms with Gasteiger partial charge in [0.1, 0.15) is 0 Å². The summed E-state index contributed by atoms with van der Waals surface area (Å²) in [5.74, 6) is 0. The lowest BCUT2D eigenvalue weighted by molar-refractivity contribution is -0.111. The van der Waals surface area contributed by atoms with Crippen molar-refractivity contribution >= 4 is 16.8 Å². The van der Waals surface area contributed by atoms with Gasteiger partial charge >= 0.3 is 0 Å². The van der Waals surface area contributed by atoms with Gasteiger partial charge in [0.15, 0.2) is 5.43 Å². The quantitative estimate of drug-likeness (QED) is 0.808. The van der Waals surface area contributed by atoms with Crippen molar-refractivity contribution in [3.05, 3.63) is 63.6 Å². The molecule has 0 spiro atoms. The number of benzene rings is 1. The first-order valence-electron chi connectivity index (χ1n) is 5.95. The standard InChI is InChI=1S/C15H14ClNO2/c1-10-5-3-4-6-13(10)17-9-12(8-15(16)19)14(18)7-11(17)2/h3-7,9H,8H2,1-2H3. The Hall–Kier alpha value is -1.87. The van der Waals surface area contributed by atoms with Crippen molar-refractivity contribution in [3.63, 3.8) is 0 Å². The van der Waals surface area contributed by atoms with Gasteiger partial charge < -0.3 is 4.57 Å². The summed E-state index contributed by atoms with van der Waals surface area (Å²) in [7, 11) is 0. The van der Waals surface area contributed by atoms with Crippen LogP contribution in [-0.2, 0) is 11.2 Å². The van der Waals surface area contributed by atoms with E-state index in [1.54, 1.807) is 6.20 Å². The zero-order chi connectivity index (χ0) is 14.0. The van der Waals surface area contributed by atoms with Crippen LogP contribution in [0.25, 0.3) is 5.69 Å². The lowest BCUT2D eigenvalue weighted by Gasteiger charge is -2.14. The highest BCUT2D eigenvalue weighted by Gasteiger charge is 2.09. The zero-order valence-electron chi connectivity index (χ0n) is 10.8. The highest BCUT2D eigenvalue weighted by atomic mass is 35.5. The Morgan fingerprint density at radius 3 is 2.58 bits per heavy atom. The number of nitrogens with zero attached hydrogens (tertiary/aromatic N) is 1. The molecule has 0 aliphatic heterocycles. The van der Waals surface area contributed by atoms with E-state index in [-0.39, 0.29) is 11.8 Å². The van der Waals surface area contributed by atoms with Crippen LogP contribution in [0.1, 0.15) is 16.8 Å².